The Morgan fingerprint density at radius 3 is 2.68 bits per heavy atom. The van der Waals surface area contributed by atoms with Crippen molar-refractivity contribution < 1.29 is 9.13 Å². The first-order chi connectivity index (χ1) is 9.24. The number of imidazole rings is 1. The van der Waals surface area contributed by atoms with Crippen molar-refractivity contribution in [2.45, 2.75) is 6.54 Å². The molecule has 19 heavy (non-hydrogen) atoms. The summed E-state index contributed by atoms with van der Waals surface area (Å²) in [6.07, 6.45) is 0. The third-order valence-electron chi connectivity index (χ3n) is 2.80. The monoisotopic (exact) mass is 257 g/mol. The van der Waals surface area contributed by atoms with Crippen LogP contribution < -0.4 is 10.5 Å². The smallest absolute Gasteiger partial charge is 0.300 e. The number of nitrogens with two attached hydrogens (primary N) is 1. The van der Waals surface area contributed by atoms with E-state index in [0.717, 1.165) is 5.56 Å². The van der Waals surface area contributed by atoms with Gasteiger partial charge in [0, 0.05) is 6.54 Å². The van der Waals surface area contributed by atoms with Crippen molar-refractivity contribution in [2.75, 3.05) is 0 Å². The molecule has 3 rings (SSSR count). The Kier molecular flexibility index (Phi) is 2.89. The van der Waals surface area contributed by atoms with Crippen molar-refractivity contribution >= 4 is 11.0 Å². The molecule has 96 valence electrons. The summed E-state index contributed by atoms with van der Waals surface area (Å²) in [5, 5.41) is 0. The van der Waals surface area contributed by atoms with Crippen molar-refractivity contribution in [1.29, 1.82) is 0 Å². The number of hydrogen-bond acceptors (Lipinski definition) is 3. The summed E-state index contributed by atoms with van der Waals surface area (Å²) < 4.78 is 18.6. The lowest BCUT2D eigenvalue weighted by molar-refractivity contribution is 0.449. The van der Waals surface area contributed by atoms with E-state index in [0.29, 0.717) is 29.3 Å². The summed E-state index contributed by atoms with van der Waals surface area (Å²) in [6.45, 7) is 0.490. The molecule has 0 aliphatic carbocycles. The number of ether oxygens (including phenoxy) is 1. The second-order valence-corrected chi connectivity index (χ2v) is 4.15. The van der Waals surface area contributed by atoms with Gasteiger partial charge in [0.2, 0.25) is 0 Å². The fourth-order valence-electron chi connectivity index (χ4n) is 1.81. The van der Waals surface area contributed by atoms with E-state index < -0.39 is 0 Å². The molecule has 0 aliphatic rings. The van der Waals surface area contributed by atoms with Crippen molar-refractivity contribution in [1.82, 2.24) is 9.97 Å². The topological polar surface area (TPSA) is 63.9 Å². The summed E-state index contributed by atoms with van der Waals surface area (Å²) in [7, 11) is 0. The molecule has 5 heteroatoms. The highest BCUT2D eigenvalue weighted by Gasteiger charge is 2.05. The highest BCUT2D eigenvalue weighted by molar-refractivity contribution is 5.75. The zero-order valence-electron chi connectivity index (χ0n) is 10.1. The van der Waals surface area contributed by atoms with Gasteiger partial charge in [-0.3, -0.25) is 0 Å². The predicted molar refractivity (Wildman–Crippen MR) is 70.5 cm³/mol. The second kappa shape index (κ2) is 4.70. The summed E-state index contributed by atoms with van der Waals surface area (Å²) in [4.78, 5) is 7.14. The van der Waals surface area contributed by atoms with Gasteiger partial charge in [0.1, 0.15) is 11.6 Å². The average Bonchev–Trinajstić information content (AvgIpc) is 2.81. The third-order valence-corrected chi connectivity index (χ3v) is 2.80. The first-order valence-corrected chi connectivity index (χ1v) is 5.87. The molecule has 3 aromatic rings. The van der Waals surface area contributed by atoms with Gasteiger partial charge in [0.05, 0.1) is 11.0 Å². The zero-order valence-corrected chi connectivity index (χ0v) is 10.1. The average molecular weight is 257 g/mol. The first-order valence-electron chi connectivity index (χ1n) is 5.87. The Morgan fingerprint density at radius 2 is 1.95 bits per heavy atom. The lowest BCUT2D eigenvalue weighted by Crippen LogP contribution is -1.95. The number of aromatic nitrogens is 2. The molecule has 0 amide bonds. The van der Waals surface area contributed by atoms with Crippen LogP contribution in [0.15, 0.2) is 42.5 Å². The SMILES string of the molecule is NCc1ccc(Oc2nc3ccc(F)cc3[nH]2)cc1. The Hall–Kier alpha value is -2.40. The van der Waals surface area contributed by atoms with Crippen molar-refractivity contribution in [3.05, 3.63) is 53.8 Å². The maximum Gasteiger partial charge on any atom is 0.300 e. The molecule has 0 bridgehead atoms. The minimum Gasteiger partial charge on any atom is -0.426 e. The molecule has 0 radical (unpaired) electrons. The van der Waals surface area contributed by atoms with Crippen LogP contribution in [0.4, 0.5) is 4.39 Å². The molecule has 2 aromatic carbocycles. The van der Waals surface area contributed by atoms with Gasteiger partial charge in [-0.2, -0.15) is 4.98 Å². The van der Waals surface area contributed by atoms with Crippen LogP contribution in [-0.2, 0) is 6.54 Å². The normalized spacial score (nSPS) is 10.8. The van der Waals surface area contributed by atoms with Crippen LogP contribution in [-0.4, -0.2) is 9.97 Å². The molecule has 1 heterocycles. The van der Waals surface area contributed by atoms with Crippen LogP contribution >= 0.6 is 0 Å². The first kappa shape index (κ1) is 11.7. The molecule has 0 saturated carbocycles. The van der Waals surface area contributed by atoms with Crippen molar-refractivity contribution in [3.8, 4) is 11.8 Å². The van der Waals surface area contributed by atoms with E-state index in [-0.39, 0.29) is 5.82 Å². The zero-order chi connectivity index (χ0) is 13.2. The van der Waals surface area contributed by atoms with Crippen molar-refractivity contribution in [3.63, 3.8) is 0 Å². The number of H-pyrrole nitrogens is 1. The van der Waals surface area contributed by atoms with Crippen LogP contribution in [0.1, 0.15) is 5.56 Å². The molecule has 0 saturated heterocycles. The number of fused-ring (bicyclic) bond motifs is 1. The van der Waals surface area contributed by atoms with Gasteiger partial charge in [-0.1, -0.05) is 12.1 Å². The lowest BCUT2D eigenvalue weighted by atomic mass is 10.2. The number of rotatable bonds is 3. The fourth-order valence-corrected chi connectivity index (χ4v) is 1.81. The second-order valence-electron chi connectivity index (χ2n) is 4.15. The summed E-state index contributed by atoms with van der Waals surface area (Å²) >= 11 is 0. The highest BCUT2D eigenvalue weighted by Crippen LogP contribution is 2.22. The number of nitrogens with one attached hydrogen (secondary N) is 1. The van der Waals surface area contributed by atoms with Crippen LogP contribution in [0, 0.1) is 5.82 Å². The maximum absolute atomic E-state index is 13.1. The van der Waals surface area contributed by atoms with Gasteiger partial charge in [-0.25, -0.2) is 4.39 Å². The van der Waals surface area contributed by atoms with E-state index in [2.05, 4.69) is 9.97 Å². The van der Waals surface area contributed by atoms with Crippen molar-refractivity contribution in [2.24, 2.45) is 5.73 Å². The molecule has 4 nitrogen and oxygen atoms in total. The van der Waals surface area contributed by atoms with E-state index in [1.54, 1.807) is 6.07 Å². The molecule has 0 fully saturated rings. The lowest BCUT2D eigenvalue weighted by Gasteiger charge is -2.02. The quantitative estimate of drug-likeness (QED) is 0.758. The number of hydrogen-bond donors (Lipinski definition) is 2. The Bertz CT molecular complexity index is 706. The summed E-state index contributed by atoms with van der Waals surface area (Å²) in [5.74, 6) is 0.340. The Balaban J connectivity index is 1.87. The van der Waals surface area contributed by atoms with Gasteiger partial charge in [-0.05, 0) is 35.9 Å². The third kappa shape index (κ3) is 2.41. The van der Waals surface area contributed by atoms with Gasteiger partial charge >= 0.3 is 0 Å². The van der Waals surface area contributed by atoms with Crippen LogP contribution in [0.2, 0.25) is 0 Å². The molecular weight excluding hydrogens is 245 g/mol. The highest BCUT2D eigenvalue weighted by atomic mass is 19.1. The van der Waals surface area contributed by atoms with E-state index in [1.807, 2.05) is 24.3 Å². The van der Waals surface area contributed by atoms with Gasteiger partial charge in [-0.15, -0.1) is 0 Å². The van der Waals surface area contributed by atoms with Gasteiger partial charge < -0.3 is 15.5 Å². The molecule has 0 unspecified atom stereocenters. The predicted octanol–water partition coefficient (Wildman–Crippen LogP) is 2.95. The van der Waals surface area contributed by atoms with Crippen LogP contribution in [0.3, 0.4) is 0 Å². The minimum absolute atomic E-state index is 0.310. The van der Waals surface area contributed by atoms with E-state index >= 15 is 0 Å². The standard InChI is InChI=1S/C14H12FN3O/c15-10-3-6-12-13(7-10)18-14(17-12)19-11-4-1-9(8-16)2-5-11/h1-7H,8,16H2,(H,17,18). The number of nitrogens with zero attached hydrogens (tertiary/aromatic N) is 1. The Labute approximate surface area is 109 Å². The molecule has 0 spiro atoms. The van der Waals surface area contributed by atoms with E-state index in [9.17, 15) is 4.39 Å². The number of halogens is 1. The molecule has 0 aliphatic heterocycles. The van der Waals surface area contributed by atoms with Crippen LogP contribution in [0.25, 0.3) is 11.0 Å². The maximum atomic E-state index is 13.1. The molecule has 3 N–H and O–H groups in total. The number of aromatic amines is 1. The van der Waals surface area contributed by atoms with E-state index in [1.165, 1.54) is 12.1 Å². The van der Waals surface area contributed by atoms with Crippen LogP contribution in [0.5, 0.6) is 11.8 Å². The summed E-state index contributed by atoms with van der Waals surface area (Å²) in [6, 6.07) is 12.1. The molecule has 0 atom stereocenters. The minimum atomic E-state index is -0.310. The number of benzene rings is 2. The molecule has 1 aromatic heterocycles. The summed E-state index contributed by atoms with van der Waals surface area (Å²) in [5.41, 5.74) is 7.82. The Morgan fingerprint density at radius 1 is 1.16 bits per heavy atom. The van der Waals surface area contributed by atoms with Gasteiger partial charge in [0.15, 0.2) is 0 Å². The van der Waals surface area contributed by atoms with Gasteiger partial charge in [0.25, 0.3) is 6.01 Å². The molecular formula is C14H12FN3O. The fraction of sp³-hybridized carbons (Fsp3) is 0.0714. The van der Waals surface area contributed by atoms with E-state index in [4.69, 9.17) is 10.5 Å². The largest absolute Gasteiger partial charge is 0.426 e.